The molecule has 5 heteroatoms. The topological polar surface area (TPSA) is 55.8 Å². The highest BCUT2D eigenvalue weighted by atomic mass is 127. The zero-order chi connectivity index (χ0) is 15.1. The van der Waals surface area contributed by atoms with Gasteiger partial charge in [-0.3, -0.25) is 4.79 Å². The van der Waals surface area contributed by atoms with Gasteiger partial charge >= 0.3 is 0 Å². The summed E-state index contributed by atoms with van der Waals surface area (Å²) in [5.74, 6) is 1.74. The summed E-state index contributed by atoms with van der Waals surface area (Å²) >= 11 is 1.85. The minimum absolute atomic E-state index is 0.133. The SMILES string of the molecule is O=C1CC[C@@]2(O)[C@@H]3CCC[C@@]24c2c(ccc(OI)c2OC14)C3. The van der Waals surface area contributed by atoms with Crippen molar-refractivity contribution in [2.75, 3.05) is 0 Å². The van der Waals surface area contributed by atoms with E-state index in [-0.39, 0.29) is 11.7 Å². The van der Waals surface area contributed by atoms with Gasteiger partial charge in [0.05, 0.1) is 11.0 Å². The lowest BCUT2D eigenvalue weighted by molar-refractivity contribution is -0.177. The van der Waals surface area contributed by atoms with Gasteiger partial charge < -0.3 is 12.9 Å². The van der Waals surface area contributed by atoms with Crippen LogP contribution in [0, 0.1) is 5.92 Å². The highest BCUT2D eigenvalue weighted by Crippen LogP contribution is 2.66. The van der Waals surface area contributed by atoms with Gasteiger partial charge in [-0.2, -0.15) is 0 Å². The average Bonchev–Trinajstić information content (AvgIpc) is 2.85. The van der Waals surface area contributed by atoms with Crippen LogP contribution in [0.2, 0.25) is 0 Å². The Labute approximate surface area is 142 Å². The Balaban J connectivity index is 1.87. The molecule has 3 aliphatic carbocycles. The number of Topliss-reactive ketones (excluding diaryl/α,β-unsaturated/α-hetero) is 1. The number of ketones is 1. The zero-order valence-corrected chi connectivity index (χ0v) is 14.3. The molecule has 116 valence electrons. The van der Waals surface area contributed by atoms with E-state index in [9.17, 15) is 9.90 Å². The van der Waals surface area contributed by atoms with Crippen LogP contribution in [-0.4, -0.2) is 22.6 Å². The minimum Gasteiger partial charge on any atom is -0.477 e. The summed E-state index contributed by atoms with van der Waals surface area (Å²) < 4.78 is 11.6. The number of halogens is 1. The molecule has 0 saturated heterocycles. The number of carbonyl (C=O) groups excluding carboxylic acids is 1. The van der Waals surface area contributed by atoms with Crippen LogP contribution in [-0.2, 0) is 16.6 Å². The highest BCUT2D eigenvalue weighted by Gasteiger charge is 2.71. The predicted octanol–water partition coefficient (Wildman–Crippen LogP) is 2.86. The van der Waals surface area contributed by atoms with Gasteiger partial charge in [0, 0.05) is 12.0 Å². The van der Waals surface area contributed by atoms with Crippen LogP contribution in [0.15, 0.2) is 12.1 Å². The fraction of sp³-hybridized carbons (Fsp3) is 0.588. The fourth-order valence-electron chi connectivity index (χ4n) is 5.69. The summed E-state index contributed by atoms with van der Waals surface area (Å²) in [5, 5.41) is 11.6. The second kappa shape index (κ2) is 4.17. The van der Waals surface area contributed by atoms with Crippen molar-refractivity contribution in [1.82, 2.24) is 0 Å². The molecule has 1 heterocycles. The Kier molecular flexibility index (Phi) is 2.58. The van der Waals surface area contributed by atoms with Crippen LogP contribution in [0.25, 0.3) is 0 Å². The summed E-state index contributed by atoms with van der Waals surface area (Å²) in [6.07, 6.45) is 4.27. The molecular formula is C17H17IO4. The number of ether oxygens (including phenoxy) is 1. The molecule has 22 heavy (non-hydrogen) atoms. The molecule has 1 aromatic carbocycles. The van der Waals surface area contributed by atoms with Crippen molar-refractivity contribution in [3.63, 3.8) is 0 Å². The van der Waals surface area contributed by atoms with Gasteiger partial charge in [-0.15, -0.1) is 0 Å². The molecule has 1 unspecified atom stereocenters. The van der Waals surface area contributed by atoms with Crippen LogP contribution in [0.4, 0.5) is 0 Å². The van der Waals surface area contributed by atoms with E-state index in [0.29, 0.717) is 24.3 Å². The summed E-state index contributed by atoms with van der Waals surface area (Å²) in [6.45, 7) is 0. The molecule has 1 spiro atoms. The van der Waals surface area contributed by atoms with Crippen molar-refractivity contribution in [3.8, 4) is 11.5 Å². The van der Waals surface area contributed by atoms with Crippen molar-refractivity contribution in [3.05, 3.63) is 23.3 Å². The summed E-state index contributed by atoms with van der Waals surface area (Å²) in [5.41, 5.74) is 0.961. The summed E-state index contributed by atoms with van der Waals surface area (Å²) in [7, 11) is 0. The molecule has 5 rings (SSSR count). The average molecular weight is 412 g/mol. The molecule has 1 N–H and O–H groups in total. The van der Waals surface area contributed by atoms with Gasteiger partial charge in [0.15, 0.2) is 46.4 Å². The predicted molar refractivity (Wildman–Crippen MR) is 87.4 cm³/mol. The number of benzene rings is 1. The third-order valence-corrected chi connectivity index (χ3v) is 6.98. The molecule has 1 aliphatic heterocycles. The molecule has 0 amide bonds. The number of hydrogen-bond donors (Lipinski definition) is 1. The number of aliphatic hydroxyl groups is 1. The monoisotopic (exact) mass is 412 g/mol. The van der Waals surface area contributed by atoms with Gasteiger partial charge in [-0.25, -0.2) is 0 Å². The van der Waals surface area contributed by atoms with E-state index in [1.165, 1.54) is 5.56 Å². The first kappa shape index (κ1) is 13.6. The first-order chi connectivity index (χ1) is 10.6. The zero-order valence-electron chi connectivity index (χ0n) is 12.1. The lowest BCUT2D eigenvalue weighted by Gasteiger charge is -2.59. The van der Waals surface area contributed by atoms with Crippen LogP contribution in [0.3, 0.4) is 0 Å². The maximum atomic E-state index is 12.6. The van der Waals surface area contributed by atoms with Crippen molar-refractivity contribution < 1.29 is 17.7 Å². The first-order valence-corrected chi connectivity index (χ1v) is 8.86. The van der Waals surface area contributed by atoms with Crippen molar-refractivity contribution in [2.24, 2.45) is 5.92 Å². The molecule has 4 nitrogen and oxygen atoms in total. The number of hydrogen-bond acceptors (Lipinski definition) is 4. The van der Waals surface area contributed by atoms with Gasteiger partial charge in [0.2, 0.25) is 0 Å². The largest absolute Gasteiger partial charge is 0.477 e. The maximum Gasteiger partial charge on any atom is 0.192 e. The maximum absolute atomic E-state index is 12.6. The van der Waals surface area contributed by atoms with Crippen molar-refractivity contribution >= 4 is 28.8 Å². The Morgan fingerprint density at radius 2 is 2.23 bits per heavy atom. The fourth-order valence-corrected chi connectivity index (χ4v) is 6.03. The summed E-state index contributed by atoms with van der Waals surface area (Å²) in [4.78, 5) is 12.6. The van der Waals surface area contributed by atoms with Gasteiger partial charge in [-0.05, 0) is 43.2 Å². The molecule has 0 aromatic heterocycles. The third-order valence-electron chi connectivity index (χ3n) is 6.50. The molecule has 0 radical (unpaired) electrons. The minimum atomic E-state index is -0.800. The Hall–Kier alpha value is -0.820. The van der Waals surface area contributed by atoms with E-state index >= 15 is 0 Å². The number of rotatable bonds is 1. The van der Waals surface area contributed by atoms with E-state index in [0.717, 1.165) is 31.2 Å². The second-order valence-corrected chi connectivity index (χ2v) is 7.60. The van der Waals surface area contributed by atoms with Crippen LogP contribution in [0.5, 0.6) is 11.5 Å². The molecule has 4 aliphatic rings. The normalized spacial score (nSPS) is 40.9. The van der Waals surface area contributed by atoms with E-state index in [1.807, 2.05) is 29.1 Å². The molecule has 1 aromatic rings. The second-order valence-electron chi connectivity index (χ2n) is 7.16. The molecule has 2 fully saturated rings. The van der Waals surface area contributed by atoms with Gasteiger partial charge in [0.1, 0.15) is 0 Å². The van der Waals surface area contributed by atoms with Gasteiger partial charge in [-0.1, -0.05) is 12.5 Å². The first-order valence-electron chi connectivity index (χ1n) is 7.98. The Morgan fingerprint density at radius 3 is 3.05 bits per heavy atom. The van der Waals surface area contributed by atoms with Crippen LogP contribution in [0.1, 0.15) is 43.2 Å². The van der Waals surface area contributed by atoms with E-state index in [4.69, 9.17) is 7.80 Å². The quantitative estimate of drug-likeness (QED) is 0.721. The molecule has 2 saturated carbocycles. The van der Waals surface area contributed by atoms with Crippen molar-refractivity contribution in [1.29, 1.82) is 0 Å². The van der Waals surface area contributed by atoms with Gasteiger partial charge in [0.25, 0.3) is 0 Å². The van der Waals surface area contributed by atoms with Crippen LogP contribution >= 0.6 is 23.0 Å². The molecule has 4 atom stereocenters. The number of carbonyl (C=O) groups is 1. The highest BCUT2D eigenvalue weighted by molar-refractivity contribution is 14.1. The Bertz CT molecular complexity index is 702. The van der Waals surface area contributed by atoms with Crippen molar-refractivity contribution in [2.45, 2.75) is 55.6 Å². The van der Waals surface area contributed by atoms with E-state index in [2.05, 4.69) is 6.07 Å². The molecular weight excluding hydrogens is 395 g/mol. The Morgan fingerprint density at radius 1 is 1.36 bits per heavy atom. The smallest absolute Gasteiger partial charge is 0.192 e. The van der Waals surface area contributed by atoms with E-state index < -0.39 is 17.1 Å². The standard InChI is InChI=1S/C17H17IO4/c18-22-12-4-3-9-8-10-2-1-6-16-13(9)14(12)21-15(16)11(19)5-7-17(10,16)20/h3-4,10,15,20H,1-2,5-8H2/t10-,15?,16+,17-/m1/s1. The molecule has 2 bridgehead atoms. The lowest BCUT2D eigenvalue weighted by Crippen LogP contribution is -2.69. The van der Waals surface area contributed by atoms with Crippen LogP contribution < -0.4 is 7.80 Å². The summed E-state index contributed by atoms with van der Waals surface area (Å²) in [6, 6.07) is 4.02. The third kappa shape index (κ3) is 1.29. The lowest BCUT2D eigenvalue weighted by atomic mass is 9.46. The van der Waals surface area contributed by atoms with E-state index in [1.54, 1.807) is 0 Å².